The number of aromatic nitrogens is 3. The molecular weight excluding hydrogens is 254 g/mol. The Balaban J connectivity index is 2.61. The first-order chi connectivity index (χ1) is 8.41. The fourth-order valence-electron chi connectivity index (χ4n) is 1.65. The number of rotatable bonds is 2. The molecule has 0 aliphatic carbocycles. The third-order valence-corrected chi connectivity index (χ3v) is 3.24. The number of hydrogen-bond acceptors (Lipinski definition) is 3. The van der Waals surface area contributed by atoms with Crippen LogP contribution in [0, 0.1) is 20.8 Å². The Kier molecular flexibility index (Phi) is 3.09. The average Bonchev–Trinajstić information content (AvgIpc) is 2.57. The fourth-order valence-corrected chi connectivity index (χ4v) is 1.84. The lowest BCUT2D eigenvalue weighted by molar-refractivity contribution is 0.0697. The van der Waals surface area contributed by atoms with Crippen molar-refractivity contribution >= 4 is 17.6 Å². The number of aryl methyl sites for hydroxylation is 1. The maximum Gasteiger partial charge on any atom is 0.337 e. The van der Waals surface area contributed by atoms with Crippen LogP contribution in [-0.4, -0.2) is 25.8 Å². The number of halogens is 1. The van der Waals surface area contributed by atoms with Crippen LogP contribution < -0.4 is 0 Å². The number of pyridine rings is 1. The minimum atomic E-state index is -1.08. The first-order valence-electron chi connectivity index (χ1n) is 5.34. The maximum atomic E-state index is 11.0. The molecule has 0 spiro atoms. The molecule has 18 heavy (non-hydrogen) atoms. The van der Waals surface area contributed by atoms with Crippen LogP contribution in [-0.2, 0) is 0 Å². The van der Waals surface area contributed by atoms with Crippen molar-refractivity contribution in [3.63, 3.8) is 0 Å². The molecule has 2 aromatic heterocycles. The third kappa shape index (κ3) is 1.97. The molecule has 5 nitrogen and oxygen atoms in total. The van der Waals surface area contributed by atoms with Crippen molar-refractivity contribution in [3.05, 3.63) is 39.8 Å². The molecule has 0 unspecified atom stereocenters. The summed E-state index contributed by atoms with van der Waals surface area (Å²) in [6, 6.07) is 1.42. The van der Waals surface area contributed by atoms with E-state index in [4.69, 9.17) is 16.7 Å². The SMILES string of the molecule is Cc1nn(-c2cc(C(=O)O)c(Cl)cn2)c(C)c1C. The molecule has 0 fully saturated rings. The third-order valence-electron chi connectivity index (χ3n) is 2.94. The summed E-state index contributed by atoms with van der Waals surface area (Å²) < 4.78 is 1.62. The van der Waals surface area contributed by atoms with Crippen molar-refractivity contribution in [2.75, 3.05) is 0 Å². The predicted octanol–water partition coefficient (Wildman–Crippen LogP) is 2.54. The average molecular weight is 266 g/mol. The zero-order valence-electron chi connectivity index (χ0n) is 10.2. The molecule has 1 N–H and O–H groups in total. The largest absolute Gasteiger partial charge is 0.478 e. The lowest BCUT2D eigenvalue weighted by atomic mass is 10.2. The topological polar surface area (TPSA) is 68.0 Å². The van der Waals surface area contributed by atoms with Gasteiger partial charge in [0.25, 0.3) is 0 Å². The molecule has 6 heteroatoms. The molecule has 0 bridgehead atoms. The molecule has 0 radical (unpaired) electrons. The van der Waals surface area contributed by atoms with Gasteiger partial charge in [0.05, 0.1) is 16.3 Å². The molecule has 0 saturated carbocycles. The van der Waals surface area contributed by atoms with Crippen LogP contribution in [0.3, 0.4) is 0 Å². The van der Waals surface area contributed by atoms with E-state index in [-0.39, 0.29) is 10.6 Å². The number of aromatic carboxylic acids is 1. The summed E-state index contributed by atoms with van der Waals surface area (Å²) in [7, 11) is 0. The number of carboxylic acids is 1. The second kappa shape index (κ2) is 4.42. The second-order valence-electron chi connectivity index (χ2n) is 4.04. The summed E-state index contributed by atoms with van der Waals surface area (Å²) in [5.41, 5.74) is 2.90. The summed E-state index contributed by atoms with van der Waals surface area (Å²) in [5.74, 6) is -0.632. The molecule has 2 rings (SSSR count). The first kappa shape index (κ1) is 12.6. The van der Waals surface area contributed by atoms with Crippen molar-refractivity contribution in [2.45, 2.75) is 20.8 Å². The Hall–Kier alpha value is -1.88. The molecule has 2 heterocycles. The van der Waals surface area contributed by atoms with E-state index in [1.54, 1.807) is 4.68 Å². The number of hydrogen-bond donors (Lipinski definition) is 1. The van der Waals surface area contributed by atoms with Gasteiger partial charge < -0.3 is 5.11 Å². The quantitative estimate of drug-likeness (QED) is 0.906. The lowest BCUT2D eigenvalue weighted by Crippen LogP contribution is -2.06. The summed E-state index contributed by atoms with van der Waals surface area (Å²) in [6.45, 7) is 5.76. The molecule has 0 aliphatic heterocycles. The van der Waals surface area contributed by atoms with Crippen LogP contribution in [0.1, 0.15) is 27.3 Å². The Morgan fingerprint density at radius 2 is 2.06 bits per heavy atom. The normalized spacial score (nSPS) is 10.7. The molecule has 0 amide bonds. The summed E-state index contributed by atoms with van der Waals surface area (Å²) in [6.07, 6.45) is 1.33. The first-order valence-corrected chi connectivity index (χ1v) is 5.71. The second-order valence-corrected chi connectivity index (χ2v) is 4.44. The Bertz CT molecular complexity index is 634. The Morgan fingerprint density at radius 3 is 2.56 bits per heavy atom. The highest BCUT2D eigenvalue weighted by molar-refractivity contribution is 6.33. The zero-order valence-corrected chi connectivity index (χ0v) is 11.0. The van der Waals surface area contributed by atoms with E-state index >= 15 is 0 Å². The molecular formula is C12H12ClN3O2. The number of carboxylic acid groups (broad SMARTS) is 1. The number of nitrogens with zero attached hydrogens (tertiary/aromatic N) is 3. The van der Waals surface area contributed by atoms with Crippen LogP contribution in [0.25, 0.3) is 5.82 Å². The lowest BCUT2D eigenvalue weighted by Gasteiger charge is -2.05. The van der Waals surface area contributed by atoms with Gasteiger partial charge in [-0.25, -0.2) is 14.5 Å². The van der Waals surface area contributed by atoms with Gasteiger partial charge in [-0.3, -0.25) is 0 Å². The maximum absolute atomic E-state index is 11.0. The van der Waals surface area contributed by atoms with Crippen molar-refractivity contribution in [1.82, 2.24) is 14.8 Å². The Morgan fingerprint density at radius 1 is 1.39 bits per heavy atom. The van der Waals surface area contributed by atoms with Crippen molar-refractivity contribution in [3.8, 4) is 5.82 Å². The van der Waals surface area contributed by atoms with Gasteiger partial charge in [0.15, 0.2) is 5.82 Å². The van der Waals surface area contributed by atoms with E-state index in [9.17, 15) is 4.79 Å². The Labute approximate surface area is 109 Å². The molecule has 0 aromatic carbocycles. The highest BCUT2D eigenvalue weighted by Gasteiger charge is 2.14. The van der Waals surface area contributed by atoms with Gasteiger partial charge in [-0.1, -0.05) is 11.6 Å². The standard InChI is InChI=1S/C12H12ClN3O2/c1-6-7(2)15-16(8(6)3)11-4-9(12(17)18)10(13)5-14-11/h4-5H,1-3H3,(H,17,18). The minimum absolute atomic E-state index is 0.0203. The van der Waals surface area contributed by atoms with E-state index in [1.807, 2.05) is 20.8 Å². The predicted molar refractivity (Wildman–Crippen MR) is 67.5 cm³/mol. The van der Waals surface area contributed by atoms with Crippen LogP contribution in [0.2, 0.25) is 5.02 Å². The van der Waals surface area contributed by atoms with Crippen LogP contribution in [0.5, 0.6) is 0 Å². The van der Waals surface area contributed by atoms with E-state index in [2.05, 4.69) is 10.1 Å². The van der Waals surface area contributed by atoms with E-state index in [0.717, 1.165) is 17.0 Å². The molecule has 94 valence electrons. The van der Waals surface area contributed by atoms with Crippen LogP contribution in [0.4, 0.5) is 0 Å². The van der Waals surface area contributed by atoms with Crippen LogP contribution in [0.15, 0.2) is 12.3 Å². The highest BCUT2D eigenvalue weighted by Crippen LogP contribution is 2.20. The van der Waals surface area contributed by atoms with Gasteiger partial charge in [0.1, 0.15) is 0 Å². The zero-order chi connectivity index (χ0) is 13.4. The molecule has 2 aromatic rings. The van der Waals surface area contributed by atoms with Crippen molar-refractivity contribution in [1.29, 1.82) is 0 Å². The molecule has 0 atom stereocenters. The van der Waals surface area contributed by atoms with E-state index in [1.165, 1.54) is 12.3 Å². The monoisotopic (exact) mass is 265 g/mol. The van der Waals surface area contributed by atoms with Gasteiger partial charge in [0, 0.05) is 11.9 Å². The van der Waals surface area contributed by atoms with Gasteiger partial charge in [-0.05, 0) is 32.4 Å². The molecule has 0 saturated heterocycles. The smallest absolute Gasteiger partial charge is 0.337 e. The highest BCUT2D eigenvalue weighted by atomic mass is 35.5. The van der Waals surface area contributed by atoms with Gasteiger partial charge in [-0.2, -0.15) is 5.10 Å². The van der Waals surface area contributed by atoms with Gasteiger partial charge >= 0.3 is 5.97 Å². The van der Waals surface area contributed by atoms with Crippen molar-refractivity contribution < 1.29 is 9.90 Å². The van der Waals surface area contributed by atoms with E-state index in [0.29, 0.717) is 5.82 Å². The number of carbonyl (C=O) groups is 1. The molecule has 0 aliphatic rings. The minimum Gasteiger partial charge on any atom is -0.478 e. The summed E-state index contributed by atoms with van der Waals surface area (Å²) in [5, 5.41) is 13.5. The van der Waals surface area contributed by atoms with Crippen molar-refractivity contribution in [2.24, 2.45) is 0 Å². The fraction of sp³-hybridized carbons (Fsp3) is 0.250. The summed E-state index contributed by atoms with van der Waals surface area (Å²) in [4.78, 5) is 15.1. The van der Waals surface area contributed by atoms with E-state index < -0.39 is 5.97 Å². The van der Waals surface area contributed by atoms with Crippen LogP contribution >= 0.6 is 11.6 Å². The summed E-state index contributed by atoms with van der Waals surface area (Å²) >= 11 is 5.78. The van der Waals surface area contributed by atoms with Gasteiger partial charge in [0.2, 0.25) is 0 Å². The van der Waals surface area contributed by atoms with Gasteiger partial charge in [-0.15, -0.1) is 0 Å².